The molecule has 20 heavy (non-hydrogen) atoms. The highest BCUT2D eigenvalue weighted by atomic mass is 32.1. The molecule has 0 aliphatic heterocycles. The van der Waals surface area contributed by atoms with E-state index in [-0.39, 0.29) is 5.91 Å². The molecule has 6 nitrogen and oxygen atoms in total. The number of fused-ring (bicyclic) bond motifs is 1. The summed E-state index contributed by atoms with van der Waals surface area (Å²) in [6, 6.07) is 0. The molecule has 104 valence electrons. The molecule has 0 spiro atoms. The number of hydrogen-bond acceptors (Lipinski definition) is 5. The van der Waals surface area contributed by atoms with Gasteiger partial charge < -0.3 is 4.52 Å². The van der Waals surface area contributed by atoms with Crippen molar-refractivity contribution in [2.75, 3.05) is 5.32 Å². The Morgan fingerprint density at radius 3 is 3.00 bits per heavy atom. The van der Waals surface area contributed by atoms with Gasteiger partial charge in [0.15, 0.2) is 4.96 Å². The molecule has 0 radical (unpaired) electrons. The number of carbonyl (C=O) groups excluding carboxylic acids is 1. The molecular weight excluding hydrogens is 276 g/mol. The maximum Gasteiger partial charge on any atom is 0.276 e. The third-order valence-corrected chi connectivity index (χ3v) is 3.97. The molecule has 1 N–H and O–H groups in total. The molecular formula is C13H14N4O2S. The fraction of sp³-hybridized carbons (Fsp3) is 0.308. The number of nitrogens with one attached hydrogen (secondary N) is 1. The van der Waals surface area contributed by atoms with E-state index < -0.39 is 0 Å². The van der Waals surface area contributed by atoms with Gasteiger partial charge in [0.1, 0.15) is 5.69 Å². The van der Waals surface area contributed by atoms with Crippen molar-refractivity contribution in [2.45, 2.75) is 27.2 Å². The second-order valence-electron chi connectivity index (χ2n) is 4.48. The van der Waals surface area contributed by atoms with Gasteiger partial charge in [-0.15, -0.1) is 11.3 Å². The lowest BCUT2D eigenvalue weighted by atomic mass is 10.2. The molecule has 0 saturated heterocycles. The van der Waals surface area contributed by atoms with Crippen LogP contribution in [0, 0.1) is 13.8 Å². The maximum absolute atomic E-state index is 12.4. The van der Waals surface area contributed by atoms with Crippen LogP contribution in [0.1, 0.15) is 34.4 Å². The average Bonchev–Trinajstić information content (AvgIpc) is 3.04. The second-order valence-corrected chi connectivity index (χ2v) is 5.36. The van der Waals surface area contributed by atoms with Gasteiger partial charge in [-0.25, -0.2) is 4.98 Å². The largest absolute Gasteiger partial charge is 0.338 e. The molecule has 3 aromatic rings. The molecule has 0 atom stereocenters. The highest BCUT2D eigenvalue weighted by Gasteiger charge is 2.20. The van der Waals surface area contributed by atoms with Crippen LogP contribution in [0.3, 0.4) is 0 Å². The summed E-state index contributed by atoms with van der Waals surface area (Å²) in [6.07, 6.45) is 2.59. The molecule has 0 fully saturated rings. The molecule has 0 saturated carbocycles. The number of rotatable bonds is 3. The van der Waals surface area contributed by atoms with Gasteiger partial charge in [-0.3, -0.25) is 14.5 Å². The van der Waals surface area contributed by atoms with Crippen molar-refractivity contribution in [3.8, 4) is 0 Å². The van der Waals surface area contributed by atoms with E-state index in [0.717, 1.165) is 22.6 Å². The van der Waals surface area contributed by atoms with E-state index in [2.05, 4.69) is 15.5 Å². The number of nitrogens with zero attached hydrogens (tertiary/aromatic N) is 3. The number of aromatic nitrogens is 3. The van der Waals surface area contributed by atoms with Crippen LogP contribution in [-0.4, -0.2) is 20.4 Å². The molecule has 0 aliphatic rings. The molecule has 0 aliphatic carbocycles. The van der Waals surface area contributed by atoms with Crippen LogP contribution in [0.2, 0.25) is 0 Å². The van der Waals surface area contributed by atoms with Gasteiger partial charge in [-0.05, 0) is 20.3 Å². The first-order valence-electron chi connectivity index (χ1n) is 6.30. The zero-order valence-corrected chi connectivity index (χ0v) is 12.2. The second kappa shape index (κ2) is 4.75. The predicted octanol–water partition coefficient (Wildman–Crippen LogP) is 2.82. The number of hydrogen-bond donors (Lipinski definition) is 1. The molecule has 0 aromatic carbocycles. The Hall–Kier alpha value is -2.15. The minimum Gasteiger partial charge on any atom is -0.338 e. The van der Waals surface area contributed by atoms with E-state index >= 15 is 0 Å². The smallest absolute Gasteiger partial charge is 0.276 e. The van der Waals surface area contributed by atoms with Crippen molar-refractivity contribution in [2.24, 2.45) is 0 Å². The van der Waals surface area contributed by atoms with Gasteiger partial charge in [0, 0.05) is 17.1 Å². The van der Waals surface area contributed by atoms with Crippen molar-refractivity contribution < 1.29 is 9.32 Å². The molecule has 3 aromatic heterocycles. The topological polar surface area (TPSA) is 72.4 Å². The summed E-state index contributed by atoms with van der Waals surface area (Å²) < 4.78 is 6.96. The van der Waals surface area contributed by atoms with Crippen LogP contribution < -0.4 is 5.32 Å². The number of imidazole rings is 1. The summed E-state index contributed by atoms with van der Waals surface area (Å²) in [7, 11) is 0. The molecule has 0 bridgehead atoms. The lowest BCUT2D eigenvalue weighted by Crippen LogP contribution is -2.15. The van der Waals surface area contributed by atoms with Crippen molar-refractivity contribution in [3.05, 3.63) is 34.2 Å². The monoisotopic (exact) mass is 290 g/mol. The van der Waals surface area contributed by atoms with Gasteiger partial charge >= 0.3 is 0 Å². The normalized spacial score (nSPS) is 11.2. The van der Waals surface area contributed by atoms with Gasteiger partial charge in [-0.2, -0.15) is 0 Å². The van der Waals surface area contributed by atoms with Crippen LogP contribution in [0.5, 0.6) is 0 Å². The quantitative estimate of drug-likeness (QED) is 0.805. The Morgan fingerprint density at radius 1 is 1.45 bits per heavy atom. The van der Waals surface area contributed by atoms with Gasteiger partial charge in [0.05, 0.1) is 11.4 Å². The zero-order chi connectivity index (χ0) is 14.3. The van der Waals surface area contributed by atoms with Crippen LogP contribution in [0.15, 0.2) is 16.1 Å². The molecule has 0 unspecified atom stereocenters. The van der Waals surface area contributed by atoms with Crippen molar-refractivity contribution in [3.63, 3.8) is 0 Å². The SMILES string of the molecule is CCc1c(C)noc1NC(=O)c1c(C)nc2sccn12. The number of thiazole rings is 1. The summed E-state index contributed by atoms with van der Waals surface area (Å²) in [5.41, 5.74) is 2.94. The van der Waals surface area contributed by atoms with Crippen LogP contribution in [0.4, 0.5) is 5.88 Å². The van der Waals surface area contributed by atoms with E-state index in [1.807, 2.05) is 32.3 Å². The fourth-order valence-electron chi connectivity index (χ4n) is 2.23. The summed E-state index contributed by atoms with van der Waals surface area (Å²) >= 11 is 1.49. The third-order valence-electron chi connectivity index (χ3n) is 3.22. The summed E-state index contributed by atoms with van der Waals surface area (Å²) in [4.78, 5) is 17.6. The van der Waals surface area contributed by atoms with Crippen molar-refractivity contribution >= 4 is 28.1 Å². The Labute approximate surface area is 119 Å². The predicted molar refractivity (Wildman–Crippen MR) is 76.4 cm³/mol. The van der Waals surface area contributed by atoms with E-state index in [1.54, 1.807) is 4.40 Å². The van der Waals surface area contributed by atoms with Gasteiger partial charge in [-0.1, -0.05) is 12.1 Å². The van der Waals surface area contributed by atoms with Gasteiger partial charge in [0.25, 0.3) is 5.91 Å². The average molecular weight is 290 g/mol. The first kappa shape index (κ1) is 12.9. The van der Waals surface area contributed by atoms with Crippen molar-refractivity contribution in [1.29, 1.82) is 0 Å². The van der Waals surface area contributed by atoms with E-state index in [0.29, 0.717) is 17.3 Å². The lowest BCUT2D eigenvalue weighted by Gasteiger charge is -2.03. The summed E-state index contributed by atoms with van der Waals surface area (Å²) in [5.74, 6) is 0.179. The van der Waals surface area contributed by atoms with Crippen LogP contribution in [-0.2, 0) is 6.42 Å². The highest BCUT2D eigenvalue weighted by Crippen LogP contribution is 2.22. The maximum atomic E-state index is 12.4. The minimum atomic E-state index is -0.237. The molecule has 3 rings (SSSR count). The zero-order valence-electron chi connectivity index (χ0n) is 11.4. The van der Waals surface area contributed by atoms with Crippen molar-refractivity contribution in [1.82, 2.24) is 14.5 Å². The number of carbonyl (C=O) groups is 1. The van der Waals surface area contributed by atoms with Gasteiger partial charge in [0.2, 0.25) is 5.88 Å². The van der Waals surface area contributed by atoms with E-state index in [1.165, 1.54) is 11.3 Å². The number of aryl methyl sites for hydroxylation is 2. The number of anilines is 1. The number of amides is 1. The summed E-state index contributed by atoms with van der Waals surface area (Å²) in [6.45, 7) is 5.68. The van der Waals surface area contributed by atoms with Crippen LogP contribution >= 0.6 is 11.3 Å². The molecule has 3 heterocycles. The Bertz CT molecular complexity index is 784. The molecule has 7 heteroatoms. The molecule has 1 amide bonds. The fourth-order valence-corrected chi connectivity index (χ4v) is 2.99. The summed E-state index contributed by atoms with van der Waals surface area (Å²) in [5, 5.41) is 8.57. The Balaban J connectivity index is 1.97. The Kier molecular flexibility index (Phi) is 3.06. The first-order chi connectivity index (χ1) is 9.61. The first-order valence-corrected chi connectivity index (χ1v) is 7.18. The van der Waals surface area contributed by atoms with E-state index in [9.17, 15) is 4.79 Å². The lowest BCUT2D eigenvalue weighted by molar-refractivity contribution is 0.101. The minimum absolute atomic E-state index is 0.237. The highest BCUT2D eigenvalue weighted by molar-refractivity contribution is 7.15. The Morgan fingerprint density at radius 2 is 2.25 bits per heavy atom. The third kappa shape index (κ3) is 1.90. The van der Waals surface area contributed by atoms with E-state index in [4.69, 9.17) is 4.52 Å². The standard InChI is InChI=1S/C13H14N4O2S/c1-4-9-7(2)16-19-12(9)15-11(18)10-8(3)14-13-17(10)5-6-20-13/h5-6H,4H2,1-3H3,(H,15,18). The van der Waals surface area contributed by atoms with Crippen LogP contribution in [0.25, 0.3) is 4.96 Å².